The van der Waals surface area contributed by atoms with Crippen molar-refractivity contribution in [1.82, 2.24) is 0 Å². The maximum absolute atomic E-state index is 8.21. The zero-order valence-corrected chi connectivity index (χ0v) is 14.8. The molecule has 0 aliphatic carbocycles. The molecule has 0 unspecified atom stereocenters. The maximum atomic E-state index is 8.21. The van der Waals surface area contributed by atoms with Crippen molar-refractivity contribution in [2.75, 3.05) is 6.61 Å². The van der Waals surface area contributed by atoms with Crippen molar-refractivity contribution in [2.45, 2.75) is 89.9 Å². The topological polar surface area (TPSA) is 29.5 Å². The molecule has 0 radical (unpaired) electrons. The van der Waals surface area contributed by atoms with Crippen molar-refractivity contribution in [2.24, 2.45) is 0 Å². The Morgan fingerprint density at radius 3 is 1.48 bits per heavy atom. The molecular weight excluding hydrogens is 284 g/mol. The molecule has 1 N–H and O–H groups in total. The number of unbranched alkanes of at least 4 members (excludes halogenated alkanes) is 12. The third-order valence-corrected chi connectivity index (χ3v) is 4.54. The summed E-state index contributed by atoms with van der Waals surface area (Å²) in [4.78, 5) is 4.07. The van der Waals surface area contributed by atoms with Gasteiger partial charge in [-0.25, -0.2) is 4.89 Å². The number of rotatable bonds is 16. The minimum Gasteiger partial charge on any atom is -0.252 e. The van der Waals surface area contributed by atoms with Crippen molar-refractivity contribution in [3.05, 3.63) is 35.9 Å². The number of hydrogen-bond donors (Lipinski definition) is 1. The second-order valence-electron chi connectivity index (χ2n) is 6.67. The third-order valence-electron chi connectivity index (χ3n) is 4.54. The van der Waals surface area contributed by atoms with Gasteiger partial charge in [0.2, 0.25) is 0 Å². The average molecular weight is 321 g/mol. The zero-order valence-electron chi connectivity index (χ0n) is 14.8. The Hall–Kier alpha value is -0.860. The predicted octanol–water partition coefficient (Wildman–Crippen LogP) is 6.79. The lowest BCUT2D eigenvalue weighted by Gasteiger charge is -2.03. The fourth-order valence-electron chi connectivity index (χ4n) is 3.08. The lowest BCUT2D eigenvalue weighted by atomic mass is 10.0. The molecule has 132 valence electrons. The molecule has 0 bridgehead atoms. The van der Waals surface area contributed by atoms with E-state index in [2.05, 4.69) is 35.2 Å². The van der Waals surface area contributed by atoms with Crippen LogP contribution in [0.4, 0.5) is 0 Å². The minimum absolute atomic E-state index is 0.491. The molecule has 0 aliphatic heterocycles. The average Bonchev–Trinajstić information content (AvgIpc) is 2.59. The maximum Gasteiger partial charge on any atom is 0.0819 e. The van der Waals surface area contributed by atoms with Gasteiger partial charge >= 0.3 is 0 Å². The van der Waals surface area contributed by atoms with E-state index in [9.17, 15) is 0 Å². The van der Waals surface area contributed by atoms with Crippen LogP contribution in [0.2, 0.25) is 0 Å². The lowest BCUT2D eigenvalue weighted by molar-refractivity contribution is -0.242. The molecule has 1 rings (SSSR count). The summed E-state index contributed by atoms with van der Waals surface area (Å²) in [5.41, 5.74) is 1.48. The fraction of sp³-hybridized carbons (Fsp3) is 0.714. The highest BCUT2D eigenvalue weighted by atomic mass is 17.1. The van der Waals surface area contributed by atoms with Crippen molar-refractivity contribution < 1.29 is 10.1 Å². The van der Waals surface area contributed by atoms with E-state index in [1.807, 2.05) is 0 Å². The highest BCUT2D eigenvalue weighted by molar-refractivity contribution is 5.14. The highest BCUT2D eigenvalue weighted by Crippen LogP contribution is 2.13. The number of benzene rings is 1. The van der Waals surface area contributed by atoms with Crippen LogP contribution in [-0.4, -0.2) is 11.9 Å². The monoisotopic (exact) mass is 320 g/mol. The van der Waals surface area contributed by atoms with Crippen molar-refractivity contribution in [3.8, 4) is 0 Å². The second-order valence-corrected chi connectivity index (χ2v) is 6.67. The molecule has 0 saturated heterocycles. The fourth-order valence-corrected chi connectivity index (χ4v) is 3.08. The van der Waals surface area contributed by atoms with Crippen LogP contribution in [0.15, 0.2) is 30.3 Å². The Bertz CT molecular complexity index is 337. The smallest absolute Gasteiger partial charge is 0.0819 e. The Labute approximate surface area is 143 Å². The van der Waals surface area contributed by atoms with Gasteiger partial charge in [0.1, 0.15) is 0 Å². The van der Waals surface area contributed by atoms with Gasteiger partial charge in [-0.3, -0.25) is 5.26 Å². The Kier molecular flexibility index (Phi) is 14.1. The van der Waals surface area contributed by atoms with Gasteiger partial charge in [0.05, 0.1) is 6.61 Å². The SMILES string of the molecule is OOCCCCCCCCCCCCCCCc1ccccc1. The van der Waals surface area contributed by atoms with Gasteiger partial charge in [-0.1, -0.05) is 101 Å². The van der Waals surface area contributed by atoms with Gasteiger partial charge in [0.25, 0.3) is 0 Å². The molecule has 0 fully saturated rings. The number of hydrogen-bond acceptors (Lipinski definition) is 2. The van der Waals surface area contributed by atoms with Gasteiger partial charge in [-0.15, -0.1) is 0 Å². The molecule has 1 aromatic carbocycles. The first-order valence-electron chi connectivity index (χ1n) is 9.74. The molecule has 2 heteroatoms. The van der Waals surface area contributed by atoms with E-state index >= 15 is 0 Å². The van der Waals surface area contributed by atoms with Gasteiger partial charge in [-0.2, -0.15) is 0 Å². The third kappa shape index (κ3) is 13.3. The molecule has 0 saturated carbocycles. The van der Waals surface area contributed by atoms with Crippen molar-refractivity contribution >= 4 is 0 Å². The van der Waals surface area contributed by atoms with Gasteiger partial charge in [0, 0.05) is 0 Å². The van der Waals surface area contributed by atoms with E-state index < -0.39 is 0 Å². The van der Waals surface area contributed by atoms with Crippen LogP contribution in [0.1, 0.15) is 89.0 Å². The quantitative estimate of drug-likeness (QED) is 0.206. The van der Waals surface area contributed by atoms with Crippen LogP contribution in [0.5, 0.6) is 0 Å². The minimum atomic E-state index is 0.491. The molecule has 0 spiro atoms. The lowest BCUT2D eigenvalue weighted by Crippen LogP contribution is -1.89. The summed E-state index contributed by atoms with van der Waals surface area (Å²) >= 11 is 0. The van der Waals surface area contributed by atoms with Gasteiger partial charge < -0.3 is 0 Å². The molecule has 23 heavy (non-hydrogen) atoms. The largest absolute Gasteiger partial charge is 0.252 e. The highest BCUT2D eigenvalue weighted by Gasteiger charge is 1.95. The summed E-state index contributed by atoms with van der Waals surface area (Å²) in [6, 6.07) is 10.8. The molecule has 0 amide bonds. The molecule has 0 aliphatic rings. The van der Waals surface area contributed by atoms with Crippen LogP contribution in [0.3, 0.4) is 0 Å². The van der Waals surface area contributed by atoms with E-state index in [0.717, 1.165) is 6.42 Å². The molecule has 0 aromatic heterocycles. The Morgan fingerprint density at radius 2 is 1.00 bits per heavy atom. The van der Waals surface area contributed by atoms with E-state index in [1.165, 1.54) is 89.0 Å². The molecule has 0 heterocycles. The summed E-state index contributed by atoms with van der Waals surface area (Å²) in [5.74, 6) is 0. The molecule has 1 aromatic rings. The first-order valence-corrected chi connectivity index (χ1v) is 9.74. The van der Waals surface area contributed by atoms with Crippen molar-refractivity contribution in [3.63, 3.8) is 0 Å². The summed E-state index contributed by atoms with van der Waals surface area (Å²) < 4.78 is 0. The van der Waals surface area contributed by atoms with E-state index in [1.54, 1.807) is 0 Å². The van der Waals surface area contributed by atoms with E-state index in [4.69, 9.17) is 5.26 Å². The predicted molar refractivity (Wildman–Crippen MR) is 98.7 cm³/mol. The van der Waals surface area contributed by atoms with Gasteiger partial charge in [-0.05, 0) is 24.8 Å². The van der Waals surface area contributed by atoms with Crippen LogP contribution in [0, 0.1) is 0 Å². The van der Waals surface area contributed by atoms with Crippen LogP contribution in [0.25, 0.3) is 0 Å². The van der Waals surface area contributed by atoms with Crippen LogP contribution in [-0.2, 0) is 11.3 Å². The number of aryl methyl sites for hydroxylation is 1. The first-order chi connectivity index (χ1) is 11.4. The molecule has 2 nitrogen and oxygen atoms in total. The van der Waals surface area contributed by atoms with Crippen LogP contribution < -0.4 is 0 Å². The standard InChI is InChI=1S/C21H36O2/c22-23-20-16-11-9-7-5-3-1-2-4-6-8-10-13-17-21-18-14-12-15-19-21/h12,14-15,18-19,22H,1-11,13,16-17,20H2. The molecular formula is C21H36O2. The zero-order chi connectivity index (χ0) is 16.4. The summed E-state index contributed by atoms with van der Waals surface area (Å²) in [6.45, 7) is 0.491. The van der Waals surface area contributed by atoms with E-state index in [-0.39, 0.29) is 0 Å². The summed E-state index contributed by atoms with van der Waals surface area (Å²) in [7, 11) is 0. The first kappa shape index (κ1) is 20.2. The second kappa shape index (κ2) is 16.0. The van der Waals surface area contributed by atoms with Crippen molar-refractivity contribution in [1.29, 1.82) is 0 Å². The molecule has 0 atom stereocenters. The summed E-state index contributed by atoms with van der Waals surface area (Å²) in [6.07, 6.45) is 18.6. The van der Waals surface area contributed by atoms with E-state index in [0.29, 0.717) is 6.61 Å². The van der Waals surface area contributed by atoms with Gasteiger partial charge in [0.15, 0.2) is 0 Å². The normalized spacial score (nSPS) is 11.0. The Balaban J connectivity index is 1.72. The summed E-state index contributed by atoms with van der Waals surface area (Å²) in [5, 5.41) is 8.21. The Morgan fingerprint density at radius 1 is 0.565 bits per heavy atom. The van der Waals surface area contributed by atoms with Crippen LogP contribution >= 0.6 is 0 Å².